The molecule has 0 saturated heterocycles. The summed E-state index contributed by atoms with van der Waals surface area (Å²) < 4.78 is 6.48. The van der Waals surface area contributed by atoms with Gasteiger partial charge in [-0.25, -0.2) is 19.7 Å². The van der Waals surface area contributed by atoms with Crippen LogP contribution in [-0.4, -0.2) is 37.8 Å². The zero-order valence-electron chi connectivity index (χ0n) is 14.7. The molecule has 0 amide bonds. The summed E-state index contributed by atoms with van der Waals surface area (Å²) in [6, 6.07) is 11.0. The Labute approximate surface area is 154 Å². The van der Waals surface area contributed by atoms with Crippen LogP contribution in [0.25, 0.3) is 16.9 Å². The number of fused-ring (bicyclic) bond motifs is 1. The molecule has 0 atom stereocenters. The Morgan fingerprint density at radius 1 is 1.15 bits per heavy atom. The van der Waals surface area contributed by atoms with Gasteiger partial charge in [0.15, 0.2) is 11.5 Å². The third-order valence-electron chi connectivity index (χ3n) is 4.14. The van der Waals surface area contributed by atoms with E-state index in [0.717, 1.165) is 10.9 Å². The van der Waals surface area contributed by atoms with Gasteiger partial charge in [-0.2, -0.15) is 9.78 Å². The molecule has 0 radical (unpaired) electrons. The monoisotopic (exact) mass is 360 g/mol. The zero-order valence-corrected chi connectivity index (χ0v) is 14.7. The average Bonchev–Trinajstić information content (AvgIpc) is 3.15. The van der Waals surface area contributed by atoms with Crippen molar-refractivity contribution >= 4 is 28.5 Å². The molecule has 0 saturated carbocycles. The van der Waals surface area contributed by atoms with E-state index in [-0.39, 0.29) is 5.97 Å². The van der Waals surface area contributed by atoms with Gasteiger partial charge >= 0.3 is 5.97 Å². The Kier molecular flexibility index (Phi) is 4.21. The quantitative estimate of drug-likeness (QED) is 0.559. The number of nitrogens with one attached hydrogen (secondary N) is 1. The van der Waals surface area contributed by atoms with E-state index in [1.807, 2.05) is 37.3 Å². The largest absolute Gasteiger partial charge is 0.465 e. The van der Waals surface area contributed by atoms with Crippen LogP contribution < -0.4 is 5.32 Å². The first-order chi connectivity index (χ1) is 13.2. The number of hydrogen-bond donors (Lipinski definition) is 1. The molecule has 0 aliphatic carbocycles. The number of ether oxygens (including phenoxy) is 1. The highest BCUT2D eigenvalue weighted by molar-refractivity contribution is 5.93. The number of carbonyl (C=O) groups excluding carboxylic acids is 1. The van der Waals surface area contributed by atoms with E-state index in [1.54, 1.807) is 23.1 Å². The molecule has 1 aromatic carbocycles. The highest BCUT2D eigenvalue weighted by Crippen LogP contribution is 2.25. The minimum absolute atomic E-state index is 0.382. The lowest BCUT2D eigenvalue weighted by atomic mass is 10.1. The summed E-state index contributed by atoms with van der Waals surface area (Å²) in [5.41, 5.74) is 2.68. The normalized spacial score (nSPS) is 10.7. The van der Waals surface area contributed by atoms with Gasteiger partial charge in [-0.15, -0.1) is 0 Å². The van der Waals surface area contributed by atoms with Crippen molar-refractivity contribution in [2.24, 2.45) is 0 Å². The molecule has 3 aromatic heterocycles. The smallest absolute Gasteiger partial charge is 0.338 e. The van der Waals surface area contributed by atoms with Crippen molar-refractivity contribution in [2.45, 2.75) is 6.92 Å². The number of hydrogen-bond acceptors (Lipinski definition) is 7. The Balaban J connectivity index is 1.74. The number of anilines is 2. The van der Waals surface area contributed by atoms with Gasteiger partial charge in [0.2, 0.25) is 0 Å². The van der Waals surface area contributed by atoms with Crippen molar-refractivity contribution in [3.8, 4) is 5.82 Å². The summed E-state index contributed by atoms with van der Waals surface area (Å²) >= 11 is 0. The number of esters is 1. The molecule has 0 aliphatic rings. The fourth-order valence-corrected chi connectivity index (χ4v) is 2.76. The predicted molar refractivity (Wildman–Crippen MR) is 100 cm³/mol. The number of methoxy groups -OCH3 is 1. The molecular weight excluding hydrogens is 344 g/mol. The average molecular weight is 360 g/mol. The van der Waals surface area contributed by atoms with Crippen LogP contribution in [0.2, 0.25) is 0 Å². The Morgan fingerprint density at radius 2 is 2.04 bits per heavy atom. The molecule has 0 aliphatic heterocycles. The first-order valence-electron chi connectivity index (χ1n) is 8.23. The number of pyridine rings is 1. The van der Waals surface area contributed by atoms with Crippen LogP contribution in [0.4, 0.5) is 11.5 Å². The minimum Gasteiger partial charge on any atom is -0.465 e. The predicted octanol–water partition coefficient (Wildman–Crippen LogP) is 3.05. The Bertz CT molecular complexity index is 1120. The fourth-order valence-electron chi connectivity index (χ4n) is 2.76. The van der Waals surface area contributed by atoms with Gasteiger partial charge in [0.1, 0.15) is 12.1 Å². The SMILES string of the molecule is COC(=O)c1cc(Nc2ncnc3c2cnn3-c2ccccn2)ccc1C. The standard InChI is InChI=1S/C19H16N6O2/c1-12-6-7-13(9-14(12)19(26)27-2)24-17-15-10-23-25(18(15)22-11-21-17)16-5-3-4-8-20-16/h3-11H,1-2H3,(H,21,22,24). The topological polar surface area (TPSA) is 94.8 Å². The van der Waals surface area contributed by atoms with Crippen molar-refractivity contribution in [1.82, 2.24) is 24.7 Å². The third-order valence-corrected chi connectivity index (χ3v) is 4.14. The summed E-state index contributed by atoms with van der Waals surface area (Å²) in [6.07, 6.45) is 4.84. The van der Waals surface area contributed by atoms with Crippen LogP contribution in [0.3, 0.4) is 0 Å². The molecule has 0 unspecified atom stereocenters. The van der Waals surface area contributed by atoms with Gasteiger partial charge in [0, 0.05) is 11.9 Å². The van der Waals surface area contributed by atoms with Gasteiger partial charge in [0.25, 0.3) is 0 Å². The van der Waals surface area contributed by atoms with Crippen molar-refractivity contribution in [3.05, 3.63) is 66.2 Å². The Hall–Kier alpha value is -3.81. The summed E-state index contributed by atoms with van der Waals surface area (Å²) in [5, 5.41) is 8.34. The molecular formula is C19H16N6O2. The van der Waals surface area contributed by atoms with Gasteiger partial charge in [0.05, 0.1) is 24.3 Å². The van der Waals surface area contributed by atoms with Gasteiger partial charge in [-0.05, 0) is 36.8 Å². The van der Waals surface area contributed by atoms with E-state index < -0.39 is 0 Å². The highest BCUT2D eigenvalue weighted by Gasteiger charge is 2.14. The molecule has 1 N–H and O–H groups in total. The summed E-state index contributed by atoms with van der Waals surface area (Å²) in [5.74, 6) is 0.870. The van der Waals surface area contributed by atoms with Crippen molar-refractivity contribution in [2.75, 3.05) is 12.4 Å². The number of aromatic nitrogens is 5. The maximum absolute atomic E-state index is 11.9. The first kappa shape index (κ1) is 16.6. The van der Waals surface area contributed by atoms with E-state index in [2.05, 4.69) is 25.4 Å². The second-order valence-corrected chi connectivity index (χ2v) is 5.85. The maximum Gasteiger partial charge on any atom is 0.338 e. The summed E-state index contributed by atoms with van der Waals surface area (Å²) in [4.78, 5) is 24.9. The van der Waals surface area contributed by atoms with Crippen LogP contribution in [0.5, 0.6) is 0 Å². The molecule has 4 aromatic rings. The van der Waals surface area contributed by atoms with Crippen LogP contribution in [0, 0.1) is 6.92 Å². The van der Waals surface area contributed by atoms with Crippen molar-refractivity contribution in [3.63, 3.8) is 0 Å². The van der Waals surface area contributed by atoms with E-state index in [9.17, 15) is 4.79 Å². The van der Waals surface area contributed by atoms with Gasteiger partial charge < -0.3 is 10.1 Å². The van der Waals surface area contributed by atoms with Crippen LogP contribution in [-0.2, 0) is 4.74 Å². The second-order valence-electron chi connectivity index (χ2n) is 5.85. The van der Waals surface area contributed by atoms with Gasteiger partial charge in [-0.1, -0.05) is 12.1 Å². The van der Waals surface area contributed by atoms with E-state index in [1.165, 1.54) is 13.4 Å². The van der Waals surface area contributed by atoms with Crippen LogP contribution in [0.15, 0.2) is 55.1 Å². The summed E-state index contributed by atoms with van der Waals surface area (Å²) in [7, 11) is 1.36. The molecule has 134 valence electrons. The van der Waals surface area contributed by atoms with Crippen LogP contribution in [0.1, 0.15) is 15.9 Å². The lowest BCUT2D eigenvalue weighted by Crippen LogP contribution is -2.05. The van der Waals surface area contributed by atoms with E-state index >= 15 is 0 Å². The number of nitrogens with zero attached hydrogens (tertiary/aromatic N) is 5. The molecule has 27 heavy (non-hydrogen) atoms. The third kappa shape index (κ3) is 3.08. The van der Waals surface area contributed by atoms with E-state index in [4.69, 9.17) is 4.74 Å². The molecule has 3 heterocycles. The number of rotatable bonds is 4. The number of aryl methyl sites for hydroxylation is 1. The molecule has 4 rings (SSSR count). The molecule has 0 spiro atoms. The maximum atomic E-state index is 11.9. The molecule has 0 fully saturated rings. The van der Waals surface area contributed by atoms with Crippen molar-refractivity contribution < 1.29 is 9.53 Å². The molecule has 0 bridgehead atoms. The minimum atomic E-state index is -0.382. The first-order valence-corrected chi connectivity index (χ1v) is 8.23. The Morgan fingerprint density at radius 3 is 2.81 bits per heavy atom. The van der Waals surface area contributed by atoms with E-state index in [0.29, 0.717) is 28.5 Å². The van der Waals surface area contributed by atoms with Crippen LogP contribution >= 0.6 is 0 Å². The lowest BCUT2D eigenvalue weighted by Gasteiger charge is -2.10. The molecule has 8 nitrogen and oxygen atoms in total. The number of carbonyl (C=O) groups is 1. The molecule has 8 heteroatoms. The second kappa shape index (κ2) is 6.83. The van der Waals surface area contributed by atoms with Gasteiger partial charge in [-0.3, -0.25) is 0 Å². The fraction of sp³-hybridized carbons (Fsp3) is 0.105. The summed E-state index contributed by atoms with van der Waals surface area (Å²) in [6.45, 7) is 1.86. The highest BCUT2D eigenvalue weighted by atomic mass is 16.5. The number of benzene rings is 1. The lowest BCUT2D eigenvalue weighted by molar-refractivity contribution is 0.0600. The van der Waals surface area contributed by atoms with Crippen molar-refractivity contribution in [1.29, 1.82) is 0 Å². The zero-order chi connectivity index (χ0) is 18.8.